The molecule has 0 N–H and O–H groups in total. The van der Waals surface area contributed by atoms with Gasteiger partial charge in [-0.2, -0.15) is 0 Å². The number of hydrogen-bond acceptors (Lipinski definition) is 4. The van der Waals surface area contributed by atoms with Gasteiger partial charge in [0.15, 0.2) is 0 Å². The zero-order valence-electron chi connectivity index (χ0n) is 10.1. The molecule has 1 heterocycles. The van der Waals surface area contributed by atoms with E-state index in [1.165, 1.54) is 0 Å². The number of rotatable bonds is 4. The zero-order chi connectivity index (χ0) is 12.3. The number of thiazole rings is 1. The van der Waals surface area contributed by atoms with Crippen LogP contribution in [0.1, 0.15) is 23.4 Å². The van der Waals surface area contributed by atoms with Crippen LogP contribution in [0.3, 0.4) is 0 Å². The van der Waals surface area contributed by atoms with Crippen LogP contribution in [0.4, 0.5) is 0 Å². The van der Waals surface area contributed by atoms with Gasteiger partial charge in [0, 0.05) is 29.1 Å². The predicted octanol–water partition coefficient (Wildman–Crippen LogP) is 3.31. The Morgan fingerprint density at radius 3 is 2.65 bits per heavy atom. The summed E-state index contributed by atoms with van der Waals surface area (Å²) in [6, 6.07) is 5.88. The fraction of sp³-hybridized carbons (Fsp3) is 0.308. The average molecular weight is 249 g/mol. The fourth-order valence-electron chi connectivity index (χ4n) is 1.76. The van der Waals surface area contributed by atoms with Crippen LogP contribution in [0.2, 0.25) is 0 Å². The van der Waals surface area contributed by atoms with E-state index in [1.807, 2.05) is 29.8 Å². The van der Waals surface area contributed by atoms with E-state index in [2.05, 4.69) is 11.9 Å². The van der Waals surface area contributed by atoms with Gasteiger partial charge in [0.25, 0.3) is 0 Å². The number of aromatic nitrogens is 1. The van der Waals surface area contributed by atoms with Gasteiger partial charge in [-0.1, -0.05) is 13.0 Å². The van der Waals surface area contributed by atoms with Crippen LogP contribution in [0.5, 0.6) is 11.5 Å². The van der Waals surface area contributed by atoms with Crippen LogP contribution in [0.25, 0.3) is 0 Å². The summed E-state index contributed by atoms with van der Waals surface area (Å²) < 4.78 is 10.6. The molecule has 17 heavy (non-hydrogen) atoms. The lowest BCUT2D eigenvalue weighted by molar-refractivity contribution is 0.390. The first-order chi connectivity index (χ1) is 8.26. The van der Waals surface area contributed by atoms with E-state index in [9.17, 15) is 0 Å². The van der Waals surface area contributed by atoms with Crippen molar-refractivity contribution in [2.45, 2.75) is 12.8 Å². The van der Waals surface area contributed by atoms with Gasteiger partial charge in [0.05, 0.1) is 19.2 Å². The number of nitrogens with zero attached hydrogens (tertiary/aromatic N) is 1. The normalized spacial score (nSPS) is 12.2. The second-order valence-corrected chi connectivity index (χ2v) is 4.63. The minimum absolute atomic E-state index is 0.232. The highest BCUT2D eigenvalue weighted by molar-refractivity contribution is 7.09. The maximum atomic E-state index is 5.40. The van der Waals surface area contributed by atoms with Gasteiger partial charge in [-0.15, -0.1) is 11.3 Å². The Labute approximate surface area is 105 Å². The molecule has 0 aliphatic heterocycles. The molecule has 1 atom stereocenters. The fourth-order valence-corrected chi connectivity index (χ4v) is 2.47. The highest BCUT2D eigenvalue weighted by atomic mass is 32.1. The highest BCUT2D eigenvalue weighted by Crippen LogP contribution is 2.34. The molecule has 0 aliphatic rings. The lowest BCUT2D eigenvalue weighted by atomic mass is 10.0. The van der Waals surface area contributed by atoms with Crippen LogP contribution in [0, 0.1) is 0 Å². The van der Waals surface area contributed by atoms with E-state index >= 15 is 0 Å². The Morgan fingerprint density at radius 2 is 2.06 bits per heavy atom. The Balaban J connectivity index is 2.38. The summed E-state index contributed by atoms with van der Waals surface area (Å²) in [6.45, 7) is 2.13. The number of hydrogen-bond donors (Lipinski definition) is 0. The lowest BCUT2D eigenvalue weighted by Crippen LogP contribution is -1.99. The van der Waals surface area contributed by atoms with Gasteiger partial charge in [0.2, 0.25) is 0 Å². The Kier molecular flexibility index (Phi) is 3.64. The predicted molar refractivity (Wildman–Crippen MR) is 69.2 cm³/mol. The van der Waals surface area contributed by atoms with E-state index in [1.54, 1.807) is 25.6 Å². The van der Waals surface area contributed by atoms with Crippen LogP contribution >= 0.6 is 11.3 Å². The van der Waals surface area contributed by atoms with Gasteiger partial charge >= 0.3 is 0 Å². The molecule has 0 bridgehead atoms. The first-order valence-electron chi connectivity index (χ1n) is 5.37. The van der Waals surface area contributed by atoms with Gasteiger partial charge in [-0.25, -0.2) is 4.98 Å². The summed E-state index contributed by atoms with van der Waals surface area (Å²) in [5.41, 5.74) is 1.13. The lowest BCUT2D eigenvalue weighted by Gasteiger charge is -2.14. The second kappa shape index (κ2) is 5.19. The molecule has 0 saturated heterocycles. The topological polar surface area (TPSA) is 31.4 Å². The first-order valence-corrected chi connectivity index (χ1v) is 6.25. The molecular weight excluding hydrogens is 234 g/mol. The third kappa shape index (κ3) is 2.42. The molecule has 0 saturated carbocycles. The summed E-state index contributed by atoms with van der Waals surface area (Å²) in [6.07, 6.45) is 1.83. The van der Waals surface area contributed by atoms with E-state index in [-0.39, 0.29) is 5.92 Å². The van der Waals surface area contributed by atoms with Crippen molar-refractivity contribution in [3.8, 4) is 11.5 Å². The molecule has 1 aromatic carbocycles. The Bertz CT molecular complexity index is 482. The molecule has 4 heteroatoms. The van der Waals surface area contributed by atoms with Gasteiger partial charge in [-0.05, 0) is 6.07 Å². The summed E-state index contributed by atoms with van der Waals surface area (Å²) in [5, 5.41) is 3.08. The van der Waals surface area contributed by atoms with Crippen LogP contribution in [-0.4, -0.2) is 19.2 Å². The Hall–Kier alpha value is -1.55. The van der Waals surface area contributed by atoms with Crippen molar-refractivity contribution in [2.24, 2.45) is 0 Å². The number of benzene rings is 1. The van der Waals surface area contributed by atoms with Crippen LogP contribution < -0.4 is 9.47 Å². The van der Waals surface area contributed by atoms with Gasteiger partial charge < -0.3 is 9.47 Å². The minimum Gasteiger partial charge on any atom is -0.497 e. The van der Waals surface area contributed by atoms with Crippen molar-refractivity contribution in [3.05, 3.63) is 40.3 Å². The van der Waals surface area contributed by atoms with Gasteiger partial charge in [-0.3, -0.25) is 0 Å². The smallest absolute Gasteiger partial charge is 0.126 e. The monoisotopic (exact) mass is 249 g/mol. The molecule has 0 fully saturated rings. The molecule has 0 radical (unpaired) electrons. The summed E-state index contributed by atoms with van der Waals surface area (Å²) in [7, 11) is 3.32. The summed E-state index contributed by atoms with van der Waals surface area (Å²) in [5.74, 6) is 1.87. The van der Waals surface area contributed by atoms with Crippen molar-refractivity contribution < 1.29 is 9.47 Å². The zero-order valence-corrected chi connectivity index (χ0v) is 11.0. The average Bonchev–Trinajstić information content (AvgIpc) is 2.91. The number of ether oxygens (including phenoxy) is 2. The quantitative estimate of drug-likeness (QED) is 0.833. The van der Waals surface area contributed by atoms with Crippen molar-refractivity contribution >= 4 is 11.3 Å². The van der Waals surface area contributed by atoms with E-state index < -0.39 is 0 Å². The maximum Gasteiger partial charge on any atom is 0.126 e. The summed E-state index contributed by atoms with van der Waals surface area (Å²) in [4.78, 5) is 4.34. The molecule has 1 unspecified atom stereocenters. The largest absolute Gasteiger partial charge is 0.497 e. The number of methoxy groups -OCH3 is 2. The van der Waals surface area contributed by atoms with E-state index in [0.29, 0.717) is 0 Å². The third-order valence-electron chi connectivity index (χ3n) is 2.73. The third-order valence-corrected chi connectivity index (χ3v) is 3.69. The van der Waals surface area contributed by atoms with Gasteiger partial charge in [0.1, 0.15) is 11.5 Å². The molecule has 2 rings (SSSR count). The molecule has 1 aromatic heterocycles. The summed E-state index contributed by atoms with van der Waals surface area (Å²) >= 11 is 1.66. The van der Waals surface area contributed by atoms with Crippen LogP contribution in [0.15, 0.2) is 29.8 Å². The maximum absolute atomic E-state index is 5.40. The van der Waals surface area contributed by atoms with Crippen molar-refractivity contribution in [3.63, 3.8) is 0 Å². The molecule has 90 valence electrons. The minimum atomic E-state index is 0.232. The van der Waals surface area contributed by atoms with Crippen LogP contribution in [-0.2, 0) is 0 Å². The molecule has 0 amide bonds. The molecule has 0 spiro atoms. The Morgan fingerprint density at radius 1 is 1.24 bits per heavy atom. The first kappa shape index (κ1) is 11.9. The SMILES string of the molecule is COc1ccc(C(C)c2nccs2)c(OC)c1. The molecule has 0 aliphatic carbocycles. The van der Waals surface area contributed by atoms with Crippen molar-refractivity contribution in [2.75, 3.05) is 14.2 Å². The van der Waals surface area contributed by atoms with E-state index in [4.69, 9.17) is 9.47 Å². The second-order valence-electron chi connectivity index (χ2n) is 3.70. The highest BCUT2D eigenvalue weighted by Gasteiger charge is 2.16. The standard InChI is InChI=1S/C13H15NO2S/c1-9(13-14-6-7-17-13)11-5-4-10(15-2)8-12(11)16-3/h4-9H,1-3H3. The molecular formula is C13H15NO2S. The molecule has 2 aromatic rings. The molecule has 3 nitrogen and oxygen atoms in total. The van der Waals surface area contributed by atoms with Crippen molar-refractivity contribution in [1.82, 2.24) is 4.98 Å². The van der Waals surface area contributed by atoms with E-state index in [0.717, 1.165) is 22.1 Å². The van der Waals surface area contributed by atoms with Crippen molar-refractivity contribution in [1.29, 1.82) is 0 Å².